The molecule has 0 aliphatic rings. The zero-order valence-electron chi connectivity index (χ0n) is 6.24. The van der Waals surface area contributed by atoms with Gasteiger partial charge in [-0.05, 0) is 6.92 Å². The van der Waals surface area contributed by atoms with Gasteiger partial charge in [0, 0.05) is 7.05 Å². The van der Waals surface area contributed by atoms with E-state index >= 15 is 0 Å². The van der Waals surface area contributed by atoms with E-state index in [1.54, 1.807) is 14.0 Å². The van der Waals surface area contributed by atoms with Crippen molar-refractivity contribution in [1.82, 2.24) is 9.78 Å². The quantitative estimate of drug-likeness (QED) is 0.306. The van der Waals surface area contributed by atoms with E-state index in [0.717, 1.165) is 0 Å². The molecule has 0 aromatic carbocycles. The van der Waals surface area contributed by atoms with Crippen molar-refractivity contribution in [2.45, 2.75) is 6.92 Å². The Labute approximate surface area is 64.6 Å². The average molecular weight is 151 g/mol. The van der Waals surface area contributed by atoms with Crippen LogP contribution in [0.2, 0.25) is 0 Å². The van der Waals surface area contributed by atoms with Crippen LogP contribution in [0.5, 0.6) is 0 Å². The molecule has 11 heavy (non-hydrogen) atoms. The molecule has 0 saturated carbocycles. The third-order valence-electron chi connectivity index (χ3n) is 1.42. The highest BCUT2D eigenvalue weighted by Gasteiger charge is 2.18. The van der Waals surface area contributed by atoms with E-state index in [-0.39, 0.29) is 11.3 Å². The molecule has 0 spiro atoms. The lowest BCUT2D eigenvalue weighted by atomic mass is 10.0. The van der Waals surface area contributed by atoms with Gasteiger partial charge in [-0.25, -0.2) is 0 Å². The number of hydrogen-bond acceptors (Lipinski definition) is 3. The van der Waals surface area contributed by atoms with Gasteiger partial charge in [0.1, 0.15) is 5.69 Å². The molecule has 1 aromatic heterocycles. The summed E-state index contributed by atoms with van der Waals surface area (Å²) in [7, 11) is 6.93. The van der Waals surface area contributed by atoms with Gasteiger partial charge >= 0.3 is 5.69 Å². The fourth-order valence-corrected chi connectivity index (χ4v) is 0.890. The minimum absolute atomic E-state index is 0.0903. The van der Waals surface area contributed by atoms with E-state index in [2.05, 4.69) is 5.10 Å². The fourth-order valence-electron chi connectivity index (χ4n) is 0.890. The summed E-state index contributed by atoms with van der Waals surface area (Å²) in [6, 6.07) is 0. The molecule has 56 valence electrons. The van der Waals surface area contributed by atoms with Gasteiger partial charge in [-0.15, -0.1) is 0 Å². The van der Waals surface area contributed by atoms with Crippen molar-refractivity contribution in [2.75, 3.05) is 0 Å². The zero-order chi connectivity index (χ0) is 8.59. The third-order valence-corrected chi connectivity index (χ3v) is 1.42. The lowest BCUT2D eigenvalue weighted by Gasteiger charge is -1.90. The van der Waals surface area contributed by atoms with E-state index in [9.17, 15) is 10.1 Å². The van der Waals surface area contributed by atoms with Crippen LogP contribution in [0, 0.1) is 17.0 Å². The van der Waals surface area contributed by atoms with Crippen LogP contribution >= 0.6 is 0 Å². The standard InChI is InChI=1S/C5H6BN3O2/c1-3-4(9(10)11)5(6)8(2)7-3/h1-2H3. The van der Waals surface area contributed by atoms with Crippen molar-refractivity contribution in [3.8, 4) is 0 Å². The Kier molecular flexibility index (Phi) is 1.68. The molecule has 2 radical (unpaired) electrons. The van der Waals surface area contributed by atoms with Gasteiger partial charge in [0.05, 0.1) is 10.5 Å². The van der Waals surface area contributed by atoms with E-state index in [1.165, 1.54) is 4.68 Å². The molecule has 6 heteroatoms. The Hall–Kier alpha value is -1.33. The summed E-state index contributed by atoms with van der Waals surface area (Å²) in [4.78, 5) is 9.80. The van der Waals surface area contributed by atoms with Crippen LogP contribution in [0.25, 0.3) is 0 Å². The molecule has 0 N–H and O–H groups in total. The Morgan fingerprint density at radius 2 is 2.27 bits per heavy atom. The maximum atomic E-state index is 10.3. The van der Waals surface area contributed by atoms with Crippen LogP contribution in [0.15, 0.2) is 0 Å². The Bertz CT molecular complexity index is 307. The molecule has 1 aromatic rings. The summed E-state index contributed by atoms with van der Waals surface area (Å²) >= 11 is 0. The van der Waals surface area contributed by atoms with Crippen molar-refractivity contribution < 1.29 is 4.92 Å². The molecule has 1 rings (SSSR count). The van der Waals surface area contributed by atoms with Crippen LogP contribution in [0.4, 0.5) is 5.69 Å². The number of aromatic nitrogens is 2. The maximum Gasteiger partial charge on any atom is 0.302 e. The Balaban J connectivity index is 3.34. The first kappa shape index (κ1) is 7.78. The largest absolute Gasteiger partial charge is 0.302 e. The number of hydrogen-bond donors (Lipinski definition) is 0. The molecule has 0 aliphatic carbocycles. The van der Waals surface area contributed by atoms with E-state index in [4.69, 9.17) is 7.85 Å². The zero-order valence-corrected chi connectivity index (χ0v) is 6.24. The first-order valence-corrected chi connectivity index (χ1v) is 2.97. The first-order chi connectivity index (χ1) is 5.04. The van der Waals surface area contributed by atoms with Gasteiger partial charge in [-0.2, -0.15) is 5.10 Å². The molecule has 0 bridgehead atoms. The van der Waals surface area contributed by atoms with Crippen molar-refractivity contribution in [3.05, 3.63) is 15.8 Å². The van der Waals surface area contributed by atoms with Gasteiger partial charge in [0.25, 0.3) is 0 Å². The van der Waals surface area contributed by atoms with E-state index in [0.29, 0.717) is 5.69 Å². The number of nitrogens with zero attached hydrogens (tertiary/aromatic N) is 3. The number of nitro groups is 1. The summed E-state index contributed by atoms with van der Waals surface area (Å²) in [6.07, 6.45) is 0. The fraction of sp³-hybridized carbons (Fsp3) is 0.400. The van der Waals surface area contributed by atoms with Crippen molar-refractivity contribution in [1.29, 1.82) is 0 Å². The molecular formula is C5H6BN3O2. The molecule has 0 aliphatic heterocycles. The van der Waals surface area contributed by atoms with Crippen LogP contribution in [0.3, 0.4) is 0 Å². The van der Waals surface area contributed by atoms with Crippen molar-refractivity contribution >= 4 is 19.1 Å². The molecular weight excluding hydrogens is 145 g/mol. The molecule has 0 unspecified atom stereocenters. The van der Waals surface area contributed by atoms with Crippen LogP contribution < -0.4 is 5.59 Å². The van der Waals surface area contributed by atoms with Gasteiger partial charge in [-0.1, -0.05) is 0 Å². The second-order valence-electron chi connectivity index (χ2n) is 2.20. The molecule has 0 fully saturated rings. The minimum Gasteiger partial charge on any atom is -0.276 e. The molecule has 1 heterocycles. The van der Waals surface area contributed by atoms with E-state index in [1.807, 2.05) is 0 Å². The average Bonchev–Trinajstić information content (AvgIpc) is 2.07. The second-order valence-corrected chi connectivity index (χ2v) is 2.20. The first-order valence-electron chi connectivity index (χ1n) is 2.97. The summed E-state index contributed by atoms with van der Waals surface area (Å²) in [5.41, 5.74) is 0.329. The van der Waals surface area contributed by atoms with Gasteiger partial charge in [-0.3, -0.25) is 14.8 Å². The summed E-state index contributed by atoms with van der Waals surface area (Å²) in [6.45, 7) is 1.55. The van der Waals surface area contributed by atoms with Crippen LogP contribution in [0.1, 0.15) is 5.69 Å². The molecule has 0 saturated heterocycles. The van der Waals surface area contributed by atoms with Gasteiger partial charge in [0.2, 0.25) is 0 Å². The number of rotatable bonds is 1. The SMILES string of the molecule is [B]c1c([N+](=O)[O-])c(C)nn1C. The molecule has 0 amide bonds. The topological polar surface area (TPSA) is 61.0 Å². The Morgan fingerprint density at radius 1 is 1.73 bits per heavy atom. The number of aryl methyl sites for hydroxylation is 2. The summed E-state index contributed by atoms with van der Waals surface area (Å²) < 4.78 is 1.29. The molecule has 0 atom stereocenters. The minimum atomic E-state index is -0.530. The van der Waals surface area contributed by atoms with Crippen LogP contribution in [-0.2, 0) is 7.05 Å². The van der Waals surface area contributed by atoms with Crippen molar-refractivity contribution in [3.63, 3.8) is 0 Å². The van der Waals surface area contributed by atoms with E-state index < -0.39 is 4.92 Å². The predicted octanol–water partition coefficient (Wildman–Crippen LogP) is -0.569. The lowest BCUT2D eigenvalue weighted by molar-refractivity contribution is -0.384. The highest BCUT2D eigenvalue weighted by Crippen LogP contribution is 2.10. The van der Waals surface area contributed by atoms with Gasteiger partial charge < -0.3 is 0 Å². The van der Waals surface area contributed by atoms with Gasteiger partial charge in [0.15, 0.2) is 7.85 Å². The second kappa shape index (κ2) is 2.37. The monoisotopic (exact) mass is 151 g/mol. The third kappa shape index (κ3) is 1.11. The summed E-state index contributed by atoms with van der Waals surface area (Å²) in [5.74, 6) is 0. The van der Waals surface area contributed by atoms with Crippen LogP contribution in [-0.4, -0.2) is 22.6 Å². The predicted molar refractivity (Wildman–Crippen MR) is 40.0 cm³/mol. The maximum absolute atomic E-state index is 10.3. The lowest BCUT2D eigenvalue weighted by Crippen LogP contribution is -2.17. The highest BCUT2D eigenvalue weighted by molar-refractivity contribution is 6.33. The molecule has 5 nitrogen and oxygen atoms in total. The van der Waals surface area contributed by atoms with Crippen molar-refractivity contribution in [2.24, 2.45) is 7.05 Å². The highest BCUT2D eigenvalue weighted by atomic mass is 16.6. The smallest absolute Gasteiger partial charge is 0.276 e. The Morgan fingerprint density at radius 3 is 2.45 bits per heavy atom. The normalized spacial score (nSPS) is 10.0. The summed E-state index contributed by atoms with van der Waals surface area (Å²) in [5, 5.41) is 14.1.